The fourth-order valence-electron chi connectivity index (χ4n) is 5.57. The summed E-state index contributed by atoms with van der Waals surface area (Å²) in [7, 11) is 1.73. The highest BCUT2D eigenvalue weighted by Crippen LogP contribution is 2.38. The Kier molecular flexibility index (Phi) is 8.79. The van der Waals surface area contributed by atoms with E-state index in [9.17, 15) is 23.2 Å². The topological polar surface area (TPSA) is 107 Å². The number of carbonyl (C=O) groups is 2. The Morgan fingerprint density at radius 2 is 1.86 bits per heavy atom. The molecule has 1 aromatic carbocycles. The van der Waals surface area contributed by atoms with E-state index >= 15 is 0 Å². The van der Waals surface area contributed by atoms with Gasteiger partial charge in [0.15, 0.2) is 16.5 Å². The number of ether oxygens (including phenoxy) is 2. The summed E-state index contributed by atoms with van der Waals surface area (Å²) in [4.78, 5) is 43.8. The number of likely N-dealkylation sites (tertiary alicyclic amines) is 1. The predicted octanol–water partition coefficient (Wildman–Crippen LogP) is 5.27. The molecule has 4 heterocycles. The summed E-state index contributed by atoms with van der Waals surface area (Å²) in [5.74, 6) is -1.72. The number of likely N-dealkylation sites (N-methyl/N-ethyl adjacent to an activating group) is 1. The van der Waals surface area contributed by atoms with Gasteiger partial charge in [-0.15, -0.1) is 10.2 Å². The largest absolute Gasteiger partial charge is 0.487 e. The summed E-state index contributed by atoms with van der Waals surface area (Å²) in [5, 5.41) is 9.14. The average Bonchev–Trinajstić information content (AvgIpc) is 3.42. The van der Waals surface area contributed by atoms with Crippen molar-refractivity contribution in [3.8, 4) is 16.3 Å². The molecule has 0 unspecified atom stereocenters. The Morgan fingerprint density at radius 3 is 2.52 bits per heavy atom. The molecule has 1 fully saturated rings. The number of aromatic nitrogens is 3. The van der Waals surface area contributed by atoms with E-state index in [0.29, 0.717) is 48.9 Å². The SMILES string of the molecule is CCCCOc1c2n(cc(-c3nnc(Cc4ccc(F)cc4F)s3)c1=O)CC1(CCN(C(=O)OC(C)(C)C)CC1)N(C)C2=O. The summed E-state index contributed by atoms with van der Waals surface area (Å²) < 4.78 is 41.0. The van der Waals surface area contributed by atoms with Crippen LogP contribution >= 0.6 is 11.3 Å². The lowest BCUT2D eigenvalue weighted by molar-refractivity contribution is -0.00793. The van der Waals surface area contributed by atoms with Crippen LogP contribution in [-0.4, -0.2) is 74.4 Å². The molecule has 5 rings (SSSR count). The second kappa shape index (κ2) is 12.3. The quantitative estimate of drug-likeness (QED) is 0.328. The van der Waals surface area contributed by atoms with Crippen molar-refractivity contribution in [2.75, 3.05) is 26.7 Å². The zero-order valence-corrected chi connectivity index (χ0v) is 26.4. The smallest absolute Gasteiger partial charge is 0.410 e. The number of benzene rings is 1. The van der Waals surface area contributed by atoms with E-state index in [1.165, 1.54) is 12.1 Å². The number of amides is 2. The fraction of sp³-hybridized carbons (Fsp3) is 0.516. The molecule has 0 saturated carbocycles. The molecule has 2 aliphatic rings. The first-order chi connectivity index (χ1) is 20.8. The number of fused-ring (bicyclic) bond motifs is 1. The molecule has 2 aliphatic heterocycles. The maximum atomic E-state index is 14.3. The van der Waals surface area contributed by atoms with Gasteiger partial charge in [-0.2, -0.15) is 0 Å². The number of unbranched alkanes of at least 4 members (excludes halogenated alkanes) is 1. The van der Waals surface area contributed by atoms with Gasteiger partial charge in [0.25, 0.3) is 5.91 Å². The number of hydrogen-bond acceptors (Lipinski definition) is 8. The van der Waals surface area contributed by atoms with Gasteiger partial charge in [-0.1, -0.05) is 30.7 Å². The van der Waals surface area contributed by atoms with E-state index in [1.807, 2.05) is 27.7 Å². The molecule has 1 spiro atoms. The molecule has 0 aliphatic carbocycles. The molecular weight excluding hydrogens is 592 g/mol. The second-order valence-electron chi connectivity index (χ2n) is 12.3. The van der Waals surface area contributed by atoms with E-state index in [2.05, 4.69) is 10.2 Å². The first-order valence-corrected chi connectivity index (χ1v) is 15.6. The lowest BCUT2D eigenvalue weighted by Gasteiger charge is -2.50. The van der Waals surface area contributed by atoms with Crippen LogP contribution < -0.4 is 10.2 Å². The number of halogens is 2. The molecule has 13 heteroatoms. The van der Waals surface area contributed by atoms with Crippen molar-refractivity contribution >= 4 is 23.3 Å². The number of pyridine rings is 1. The van der Waals surface area contributed by atoms with Gasteiger partial charge in [0.2, 0.25) is 5.43 Å². The normalized spacial score (nSPS) is 16.3. The van der Waals surface area contributed by atoms with Crippen molar-refractivity contribution in [3.05, 3.63) is 62.5 Å². The summed E-state index contributed by atoms with van der Waals surface area (Å²) in [6.07, 6.45) is 3.90. The second-order valence-corrected chi connectivity index (χ2v) is 13.4. The number of carbonyl (C=O) groups excluding carboxylic acids is 2. The van der Waals surface area contributed by atoms with Crippen molar-refractivity contribution in [1.29, 1.82) is 0 Å². The Labute approximate surface area is 258 Å². The van der Waals surface area contributed by atoms with E-state index in [1.54, 1.807) is 27.6 Å². The van der Waals surface area contributed by atoms with Crippen LogP contribution in [0.4, 0.5) is 13.6 Å². The van der Waals surface area contributed by atoms with Crippen molar-refractivity contribution in [3.63, 3.8) is 0 Å². The van der Waals surface area contributed by atoms with E-state index in [-0.39, 0.29) is 47.6 Å². The third kappa shape index (κ3) is 6.33. The first-order valence-electron chi connectivity index (χ1n) is 14.7. The van der Waals surface area contributed by atoms with Crippen molar-refractivity contribution in [1.82, 2.24) is 24.6 Å². The Hall–Kier alpha value is -3.87. The number of piperidine rings is 1. The van der Waals surface area contributed by atoms with Crippen LogP contribution in [0.5, 0.6) is 5.75 Å². The molecular formula is C31H37F2N5O5S. The molecule has 236 valence electrons. The van der Waals surface area contributed by atoms with E-state index in [4.69, 9.17) is 9.47 Å². The van der Waals surface area contributed by atoms with Gasteiger partial charge in [-0.05, 0) is 51.7 Å². The lowest BCUT2D eigenvalue weighted by atomic mass is 9.83. The summed E-state index contributed by atoms with van der Waals surface area (Å²) >= 11 is 1.13. The third-order valence-electron chi connectivity index (χ3n) is 8.07. The number of nitrogens with zero attached hydrogens (tertiary/aromatic N) is 5. The van der Waals surface area contributed by atoms with Gasteiger partial charge in [0.05, 0.1) is 17.7 Å². The van der Waals surface area contributed by atoms with Gasteiger partial charge < -0.3 is 23.8 Å². The summed E-state index contributed by atoms with van der Waals surface area (Å²) in [6.45, 7) is 8.94. The zero-order chi connectivity index (χ0) is 31.8. The highest BCUT2D eigenvalue weighted by molar-refractivity contribution is 7.14. The highest BCUT2D eigenvalue weighted by Gasteiger charge is 2.47. The Bertz CT molecular complexity index is 1620. The molecule has 2 aromatic heterocycles. The molecule has 0 N–H and O–H groups in total. The van der Waals surface area contributed by atoms with Crippen LogP contribution in [0.15, 0.2) is 29.2 Å². The molecule has 1 saturated heterocycles. The monoisotopic (exact) mass is 629 g/mol. The Balaban J connectivity index is 1.48. The molecule has 0 radical (unpaired) electrons. The van der Waals surface area contributed by atoms with Gasteiger partial charge in [-0.25, -0.2) is 13.6 Å². The third-order valence-corrected chi connectivity index (χ3v) is 9.02. The van der Waals surface area contributed by atoms with Crippen molar-refractivity contribution < 1.29 is 27.8 Å². The van der Waals surface area contributed by atoms with Gasteiger partial charge in [0.1, 0.15) is 22.2 Å². The van der Waals surface area contributed by atoms with Crippen LogP contribution in [0, 0.1) is 11.6 Å². The maximum Gasteiger partial charge on any atom is 0.410 e. The number of rotatable bonds is 7. The van der Waals surface area contributed by atoms with Crippen LogP contribution in [0.3, 0.4) is 0 Å². The van der Waals surface area contributed by atoms with Gasteiger partial charge in [-0.3, -0.25) is 9.59 Å². The van der Waals surface area contributed by atoms with Crippen LogP contribution in [0.1, 0.15) is 74.4 Å². The molecule has 3 aromatic rings. The molecule has 0 bridgehead atoms. The molecule has 10 nitrogen and oxygen atoms in total. The van der Waals surface area contributed by atoms with Gasteiger partial charge >= 0.3 is 6.09 Å². The minimum absolute atomic E-state index is 0.0323. The molecule has 0 atom stereocenters. The minimum Gasteiger partial charge on any atom is -0.487 e. The molecule has 44 heavy (non-hydrogen) atoms. The summed E-state index contributed by atoms with van der Waals surface area (Å²) in [5.41, 5.74) is -1.02. The van der Waals surface area contributed by atoms with Crippen molar-refractivity contribution in [2.45, 2.75) is 77.5 Å². The highest BCUT2D eigenvalue weighted by atomic mass is 32.1. The lowest BCUT2D eigenvalue weighted by Crippen LogP contribution is -2.62. The van der Waals surface area contributed by atoms with Crippen LogP contribution in [0.25, 0.3) is 10.6 Å². The predicted molar refractivity (Wildman–Crippen MR) is 161 cm³/mol. The van der Waals surface area contributed by atoms with Crippen LogP contribution in [-0.2, 0) is 17.7 Å². The average molecular weight is 630 g/mol. The maximum absolute atomic E-state index is 14.3. The molecule has 2 amide bonds. The van der Waals surface area contributed by atoms with Crippen molar-refractivity contribution in [2.24, 2.45) is 0 Å². The first kappa shape index (κ1) is 31.6. The van der Waals surface area contributed by atoms with Crippen LogP contribution in [0.2, 0.25) is 0 Å². The fourth-order valence-corrected chi connectivity index (χ4v) is 6.44. The van der Waals surface area contributed by atoms with E-state index in [0.717, 1.165) is 23.8 Å². The van der Waals surface area contributed by atoms with Gasteiger partial charge in [0, 0.05) is 45.4 Å². The van der Waals surface area contributed by atoms with E-state index < -0.39 is 28.2 Å². The standard InChI is InChI=1S/C31H37F2N5O5S/c1-6-7-14-42-26-24-28(40)36(5)31(10-12-37(13-11-31)29(41)43-30(2,3)4)18-38(24)17-21(25(26)39)27-35-34-23(44-27)15-19-8-9-20(32)16-22(19)33/h8-9,16-17H,6-7,10-15,18H2,1-5H3. The minimum atomic E-state index is -0.687. The summed E-state index contributed by atoms with van der Waals surface area (Å²) in [6, 6.07) is 3.35. The zero-order valence-electron chi connectivity index (χ0n) is 25.6. The Morgan fingerprint density at radius 1 is 1.14 bits per heavy atom. The number of hydrogen-bond donors (Lipinski definition) is 0.